The van der Waals surface area contributed by atoms with Crippen LogP contribution in [0.2, 0.25) is 0 Å². The third kappa shape index (κ3) is 4.11. The van der Waals surface area contributed by atoms with Gasteiger partial charge in [0.15, 0.2) is 0 Å². The van der Waals surface area contributed by atoms with Crippen molar-refractivity contribution in [1.29, 1.82) is 0 Å². The first-order valence-electron chi connectivity index (χ1n) is 9.63. The fourth-order valence-electron chi connectivity index (χ4n) is 3.55. The van der Waals surface area contributed by atoms with Crippen molar-refractivity contribution in [3.63, 3.8) is 0 Å². The number of aromatic nitrogens is 2. The van der Waals surface area contributed by atoms with Crippen LogP contribution in [0.1, 0.15) is 17.8 Å². The molecule has 4 nitrogen and oxygen atoms in total. The molecule has 156 valence electrons. The monoisotopic (exact) mass is 414 g/mol. The zero-order valence-corrected chi connectivity index (χ0v) is 16.4. The van der Waals surface area contributed by atoms with Gasteiger partial charge in [-0.1, -0.05) is 36.4 Å². The average Bonchev–Trinajstić information content (AvgIpc) is 3.08. The predicted molar refractivity (Wildman–Crippen MR) is 110 cm³/mol. The van der Waals surface area contributed by atoms with Crippen LogP contribution in [-0.2, 0) is 24.1 Å². The second kappa shape index (κ2) is 8.36. The highest BCUT2D eigenvalue weighted by Gasteiger charge is 2.31. The smallest absolute Gasteiger partial charge is 0.416 e. The molecule has 0 amide bonds. The Hall–Kier alpha value is -3.06. The van der Waals surface area contributed by atoms with E-state index >= 15 is 0 Å². The van der Waals surface area contributed by atoms with Crippen molar-refractivity contribution in [2.24, 2.45) is 0 Å². The molecule has 0 fully saturated rings. The van der Waals surface area contributed by atoms with Crippen LogP contribution >= 0.6 is 0 Å². The molecular weight excluding hydrogens is 393 g/mol. The van der Waals surface area contributed by atoms with E-state index in [1.807, 2.05) is 47.0 Å². The highest BCUT2D eigenvalue weighted by atomic mass is 19.4. The summed E-state index contributed by atoms with van der Waals surface area (Å²) in [5.74, 6) is 1.29. The van der Waals surface area contributed by atoms with Crippen LogP contribution in [0.5, 0.6) is 5.75 Å². The minimum absolute atomic E-state index is 0.150. The zero-order chi connectivity index (χ0) is 21.1. The highest BCUT2D eigenvalue weighted by molar-refractivity contribution is 5.88. The van der Waals surface area contributed by atoms with Crippen LogP contribution in [-0.4, -0.2) is 23.3 Å². The maximum Gasteiger partial charge on any atom is 0.416 e. The number of hydrogen-bond acceptors (Lipinski definition) is 3. The molecule has 0 bridgehead atoms. The van der Waals surface area contributed by atoms with Gasteiger partial charge in [-0.2, -0.15) is 13.2 Å². The lowest BCUT2D eigenvalue weighted by Crippen LogP contribution is -2.09. The molecule has 30 heavy (non-hydrogen) atoms. The second-order valence-electron chi connectivity index (χ2n) is 6.99. The first kappa shape index (κ1) is 20.2. The van der Waals surface area contributed by atoms with E-state index in [0.717, 1.165) is 22.9 Å². The molecule has 0 unspecified atom stereocenters. The molecule has 7 heteroatoms. The van der Waals surface area contributed by atoms with Gasteiger partial charge in [-0.25, -0.2) is 4.98 Å². The summed E-state index contributed by atoms with van der Waals surface area (Å²) in [7, 11) is 1.62. The van der Waals surface area contributed by atoms with Crippen LogP contribution in [0.3, 0.4) is 0 Å². The largest absolute Gasteiger partial charge is 0.485 e. The van der Waals surface area contributed by atoms with E-state index in [0.29, 0.717) is 42.2 Å². The van der Waals surface area contributed by atoms with Crippen molar-refractivity contribution in [3.8, 4) is 5.75 Å². The lowest BCUT2D eigenvalue weighted by atomic mass is 10.1. The molecule has 1 heterocycles. The SMILES string of the molecule is COCCCn1c(COc2cccc3ccccc23)nc2cc(C(F)(F)F)ccc21. The van der Waals surface area contributed by atoms with Gasteiger partial charge < -0.3 is 14.0 Å². The molecule has 0 saturated heterocycles. The fourth-order valence-corrected chi connectivity index (χ4v) is 3.55. The highest BCUT2D eigenvalue weighted by Crippen LogP contribution is 2.32. The van der Waals surface area contributed by atoms with Crippen molar-refractivity contribution in [2.45, 2.75) is 25.7 Å². The van der Waals surface area contributed by atoms with Crippen LogP contribution in [0.25, 0.3) is 21.8 Å². The summed E-state index contributed by atoms with van der Waals surface area (Å²) >= 11 is 0. The Morgan fingerprint density at radius 1 is 1.00 bits per heavy atom. The Morgan fingerprint density at radius 2 is 1.80 bits per heavy atom. The van der Waals surface area contributed by atoms with Gasteiger partial charge in [0.05, 0.1) is 16.6 Å². The summed E-state index contributed by atoms with van der Waals surface area (Å²) in [6, 6.07) is 17.3. The maximum absolute atomic E-state index is 13.1. The Bertz CT molecular complexity index is 1160. The second-order valence-corrected chi connectivity index (χ2v) is 6.99. The first-order valence-corrected chi connectivity index (χ1v) is 9.63. The van der Waals surface area contributed by atoms with Gasteiger partial charge >= 0.3 is 6.18 Å². The number of rotatable bonds is 7. The number of hydrogen-bond donors (Lipinski definition) is 0. The summed E-state index contributed by atoms with van der Waals surface area (Å²) in [6.45, 7) is 1.27. The van der Waals surface area contributed by atoms with E-state index in [2.05, 4.69) is 4.98 Å². The Kier molecular flexibility index (Phi) is 5.63. The van der Waals surface area contributed by atoms with Crippen LogP contribution in [0, 0.1) is 0 Å². The Labute approximate surface area is 171 Å². The lowest BCUT2D eigenvalue weighted by molar-refractivity contribution is -0.137. The molecule has 4 rings (SSSR count). The van der Waals surface area contributed by atoms with E-state index < -0.39 is 11.7 Å². The van der Waals surface area contributed by atoms with E-state index in [-0.39, 0.29) is 6.61 Å². The van der Waals surface area contributed by atoms with Gasteiger partial charge in [-0.05, 0) is 36.1 Å². The summed E-state index contributed by atoms with van der Waals surface area (Å²) in [6.07, 6.45) is -3.70. The van der Waals surface area contributed by atoms with Crippen molar-refractivity contribution in [2.75, 3.05) is 13.7 Å². The van der Waals surface area contributed by atoms with Gasteiger partial charge in [-0.3, -0.25) is 0 Å². The summed E-state index contributed by atoms with van der Waals surface area (Å²) in [4.78, 5) is 4.46. The molecular formula is C23H21F3N2O2. The maximum atomic E-state index is 13.1. The first-order chi connectivity index (χ1) is 14.5. The normalized spacial score (nSPS) is 12.0. The molecule has 0 spiro atoms. The topological polar surface area (TPSA) is 36.3 Å². The molecule has 0 N–H and O–H groups in total. The van der Waals surface area contributed by atoms with Crippen LogP contribution in [0.4, 0.5) is 13.2 Å². The standard InChI is InChI=1S/C23H21F3N2O2/c1-29-13-5-12-28-20-11-10-17(23(24,25)26)14-19(20)27-22(28)15-30-21-9-4-7-16-6-2-3-8-18(16)21/h2-4,6-11,14H,5,12-13,15H2,1H3. The van der Waals surface area contributed by atoms with E-state index in [4.69, 9.17) is 9.47 Å². The van der Waals surface area contributed by atoms with Gasteiger partial charge in [-0.15, -0.1) is 0 Å². The van der Waals surface area contributed by atoms with Gasteiger partial charge in [0.1, 0.15) is 18.2 Å². The number of ether oxygens (including phenoxy) is 2. The molecule has 3 aromatic carbocycles. The van der Waals surface area contributed by atoms with E-state index in [1.54, 1.807) is 7.11 Å². The third-order valence-electron chi connectivity index (χ3n) is 4.99. The lowest BCUT2D eigenvalue weighted by Gasteiger charge is -2.12. The van der Waals surface area contributed by atoms with Gasteiger partial charge in [0.2, 0.25) is 0 Å². The molecule has 0 aliphatic carbocycles. The number of methoxy groups -OCH3 is 1. The van der Waals surface area contributed by atoms with Crippen molar-refractivity contribution in [3.05, 3.63) is 72.1 Å². The minimum Gasteiger partial charge on any atom is -0.485 e. The molecule has 0 saturated carbocycles. The van der Waals surface area contributed by atoms with Gasteiger partial charge in [0.25, 0.3) is 0 Å². The summed E-state index contributed by atoms with van der Waals surface area (Å²) < 4.78 is 52.4. The minimum atomic E-state index is -4.41. The summed E-state index contributed by atoms with van der Waals surface area (Å²) in [5, 5.41) is 2.03. The zero-order valence-electron chi connectivity index (χ0n) is 16.4. The van der Waals surface area contributed by atoms with E-state index in [1.165, 1.54) is 6.07 Å². The summed E-state index contributed by atoms with van der Waals surface area (Å²) in [5.41, 5.74) is 0.243. The number of imidazole rings is 1. The molecule has 0 radical (unpaired) electrons. The Morgan fingerprint density at radius 3 is 2.60 bits per heavy atom. The number of benzene rings is 3. The molecule has 0 aliphatic rings. The van der Waals surface area contributed by atoms with Crippen LogP contribution < -0.4 is 4.74 Å². The molecule has 0 aliphatic heterocycles. The fraction of sp³-hybridized carbons (Fsp3) is 0.261. The van der Waals surface area contributed by atoms with Crippen molar-refractivity contribution in [1.82, 2.24) is 9.55 Å². The molecule has 0 atom stereocenters. The Balaban J connectivity index is 1.68. The quantitative estimate of drug-likeness (QED) is 0.357. The number of alkyl halides is 3. The third-order valence-corrected chi connectivity index (χ3v) is 4.99. The average molecular weight is 414 g/mol. The molecule has 4 aromatic rings. The molecule has 1 aromatic heterocycles. The number of halogens is 3. The number of fused-ring (bicyclic) bond motifs is 2. The number of nitrogens with zero attached hydrogens (tertiary/aromatic N) is 2. The van der Waals surface area contributed by atoms with Crippen molar-refractivity contribution >= 4 is 21.8 Å². The van der Waals surface area contributed by atoms with Crippen molar-refractivity contribution < 1.29 is 22.6 Å². The predicted octanol–water partition coefficient (Wildman–Crippen LogP) is 5.82. The van der Waals surface area contributed by atoms with E-state index in [9.17, 15) is 13.2 Å². The van der Waals surface area contributed by atoms with Crippen LogP contribution in [0.15, 0.2) is 60.7 Å². The van der Waals surface area contributed by atoms with Gasteiger partial charge in [0, 0.05) is 25.6 Å². The number of aryl methyl sites for hydroxylation is 1.